The number of benzene rings is 1. The van der Waals surface area contributed by atoms with Crippen molar-refractivity contribution in [3.63, 3.8) is 0 Å². The SMILES string of the molecule is O=C(NCCc1ccccc1)C1(C(=O)NCCN2CCOCC2)CC1. The maximum atomic E-state index is 12.4. The quantitative estimate of drug-likeness (QED) is 0.676. The molecule has 6 nitrogen and oxygen atoms in total. The van der Waals surface area contributed by atoms with Crippen molar-refractivity contribution in [3.05, 3.63) is 35.9 Å². The van der Waals surface area contributed by atoms with Gasteiger partial charge in [-0.15, -0.1) is 0 Å². The van der Waals surface area contributed by atoms with Gasteiger partial charge in [-0.25, -0.2) is 0 Å². The molecule has 1 aromatic rings. The third kappa shape index (κ3) is 4.80. The number of nitrogens with one attached hydrogen (secondary N) is 2. The van der Waals surface area contributed by atoms with E-state index in [1.165, 1.54) is 5.56 Å². The van der Waals surface area contributed by atoms with Crippen molar-refractivity contribution in [1.29, 1.82) is 0 Å². The van der Waals surface area contributed by atoms with Crippen LogP contribution in [0, 0.1) is 5.41 Å². The smallest absolute Gasteiger partial charge is 0.235 e. The normalized spacial score (nSPS) is 19.2. The van der Waals surface area contributed by atoms with Crippen molar-refractivity contribution in [2.45, 2.75) is 19.3 Å². The lowest BCUT2D eigenvalue weighted by Gasteiger charge is -2.26. The summed E-state index contributed by atoms with van der Waals surface area (Å²) in [5.41, 5.74) is 0.351. The standard InChI is InChI=1S/C19H27N3O3/c23-17(20-9-6-16-4-2-1-3-5-16)19(7-8-19)18(24)21-10-11-22-12-14-25-15-13-22/h1-5H,6-15H2,(H,20,23)(H,21,24). The fourth-order valence-corrected chi connectivity index (χ4v) is 3.14. The van der Waals surface area contributed by atoms with E-state index in [1.807, 2.05) is 30.3 Å². The van der Waals surface area contributed by atoms with Gasteiger partial charge in [-0.2, -0.15) is 0 Å². The Labute approximate surface area is 148 Å². The van der Waals surface area contributed by atoms with Gasteiger partial charge < -0.3 is 15.4 Å². The number of rotatable bonds is 8. The Hall–Kier alpha value is -1.92. The molecule has 0 atom stereocenters. The number of hydrogen-bond acceptors (Lipinski definition) is 4. The van der Waals surface area contributed by atoms with Crippen LogP contribution in [0.15, 0.2) is 30.3 Å². The average molecular weight is 345 g/mol. The molecule has 1 aromatic carbocycles. The van der Waals surface area contributed by atoms with Crippen LogP contribution in [0.5, 0.6) is 0 Å². The zero-order valence-corrected chi connectivity index (χ0v) is 14.6. The molecule has 3 rings (SSSR count). The van der Waals surface area contributed by atoms with Crippen LogP contribution >= 0.6 is 0 Å². The van der Waals surface area contributed by atoms with E-state index in [9.17, 15) is 9.59 Å². The molecule has 2 amide bonds. The fraction of sp³-hybridized carbons (Fsp3) is 0.579. The third-order valence-corrected chi connectivity index (χ3v) is 4.98. The third-order valence-electron chi connectivity index (χ3n) is 4.98. The second-order valence-electron chi connectivity index (χ2n) is 6.78. The van der Waals surface area contributed by atoms with Crippen LogP contribution in [0.25, 0.3) is 0 Å². The van der Waals surface area contributed by atoms with Crippen molar-refractivity contribution in [2.24, 2.45) is 5.41 Å². The van der Waals surface area contributed by atoms with E-state index in [4.69, 9.17) is 4.74 Å². The van der Waals surface area contributed by atoms with Gasteiger partial charge in [0.05, 0.1) is 13.2 Å². The minimum absolute atomic E-state index is 0.127. The summed E-state index contributed by atoms with van der Waals surface area (Å²) in [7, 11) is 0. The molecule has 0 bridgehead atoms. The van der Waals surface area contributed by atoms with Gasteiger partial charge in [0.15, 0.2) is 0 Å². The molecule has 2 fully saturated rings. The van der Waals surface area contributed by atoms with Gasteiger partial charge in [0.1, 0.15) is 5.41 Å². The first-order valence-electron chi connectivity index (χ1n) is 9.11. The Morgan fingerprint density at radius 3 is 2.28 bits per heavy atom. The summed E-state index contributed by atoms with van der Waals surface area (Å²) in [5.74, 6) is -0.259. The molecule has 25 heavy (non-hydrogen) atoms. The maximum Gasteiger partial charge on any atom is 0.235 e. The molecule has 0 aromatic heterocycles. The van der Waals surface area contributed by atoms with E-state index < -0.39 is 5.41 Å². The zero-order chi connectivity index (χ0) is 17.5. The fourth-order valence-electron chi connectivity index (χ4n) is 3.14. The monoisotopic (exact) mass is 345 g/mol. The summed E-state index contributed by atoms with van der Waals surface area (Å²) in [6.07, 6.45) is 2.07. The number of nitrogens with zero attached hydrogens (tertiary/aromatic N) is 1. The summed E-state index contributed by atoms with van der Waals surface area (Å²) in [6, 6.07) is 10.0. The van der Waals surface area contributed by atoms with Crippen LogP contribution in [0.3, 0.4) is 0 Å². The maximum absolute atomic E-state index is 12.4. The minimum Gasteiger partial charge on any atom is -0.379 e. The minimum atomic E-state index is -0.832. The van der Waals surface area contributed by atoms with Crippen molar-refractivity contribution >= 4 is 11.8 Å². The molecule has 6 heteroatoms. The number of carbonyl (C=O) groups excluding carboxylic acids is 2. The number of carbonyl (C=O) groups is 2. The molecular weight excluding hydrogens is 318 g/mol. The van der Waals surface area contributed by atoms with E-state index in [1.54, 1.807) is 0 Å². The van der Waals surface area contributed by atoms with Gasteiger partial charge in [-0.05, 0) is 24.8 Å². The summed E-state index contributed by atoms with van der Waals surface area (Å²) < 4.78 is 5.31. The Balaban J connectivity index is 1.38. The molecule has 1 heterocycles. The number of amides is 2. The van der Waals surface area contributed by atoms with Crippen LogP contribution in [-0.2, 0) is 20.7 Å². The molecule has 0 radical (unpaired) electrons. The van der Waals surface area contributed by atoms with Gasteiger partial charge in [-0.1, -0.05) is 30.3 Å². The molecular formula is C19H27N3O3. The lowest BCUT2D eigenvalue weighted by Crippen LogP contribution is -2.46. The summed E-state index contributed by atoms with van der Waals surface area (Å²) in [4.78, 5) is 27.1. The van der Waals surface area contributed by atoms with Crippen LogP contribution < -0.4 is 10.6 Å². The van der Waals surface area contributed by atoms with Gasteiger partial charge in [0.2, 0.25) is 11.8 Å². The predicted octanol–water partition coefficient (Wildman–Crippen LogP) is 0.574. The molecule has 2 aliphatic rings. The molecule has 136 valence electrons. The first kappa shape index (κ1) is 17.9. The highest BCUT2D eigenvalue weighted by molar-refractivity contribution is 6.07. The van der Waals surface area contributed by atoms with Crippen molar-refractivity contribution in [2.75, 3.05) is 45.9 Å². The molecule has 1 aliphatic carbocycles. The second-order valence-corrected chi connectivity index (χ2v) is 6.78. The zero-order valence-electron chi connectivity index (χ0n) is 14.6. The number of hydrogen-bond donors (Lipinski definition) is 2. The molecule has 1 aliphatic heterocycles. The van der Waals surface area contributed by atoms with Gasteiger partial charge in [0, 0.05) is 32.7 Å². The van der Waals surface area contributed by atoms with Crippen molar-refractivity contribution in [3.8, 4) is 0 Å². The average Bonchev–Trinajstić information content (AvgIpc) is 3.45. The van der Waals surface area contributed by atoms with Crippen LogP contribution in [0.4, 0.5) is 0 Å². The lowest BCUT2D eigenvalue weighted by molar-refractivity contribution is -0.137. The number of morpholine rings is 1. The van der Waals surface area contributed by atoms with E-state index in [2.05, 4.69) is 15.5 Å². The topological polar surface area (TPSA) is 70.7 Å². The van der Waals surface area contributed by atoms with Crippen LogP contribution in [-0.4, -0.2) is 62.7 Å². The van der Waals surface area contributed by atoms with E-state index in [0.717, 1.165) is 39.3 Å². The number of ether oxygens (including phenoxy) is 1. The van der Waals surface area contributed by atoms with Gasteiger partial charge >= 0.3 is 0 Å². The lowest BCUT2D eigenvalue weighted by atomic mass is 10.0. The summed E-state index contributed by atoms with van der Waals surface area (Å²) in [6.45, 7) is 5.26. The van der Waals surface area contributed by atoms with Crippen LogP contribution in [0.1, 0.15) is 18.4 Å². The summed E-state index contributed by atoms with van der Waals surface area (Å²) in [5, 5.41) is 5.87. The van der Waals surface area contributed by atoms with Gasteiger partial charge in [-0.3, -0.25) is 14.5 Å². The molecule has 2 N–H and O–H groups in total. The predicted molar refractivity (Wildman–Crippen MR) is 95.1 cm³/mol. The highest BCUT2D eigenvalue weighted by Crippen LogP contribution is 2.46. The first-order valence-corrected chi connectivity index (χ1v) is 9.11. The highest BCUT2D eigenvalue weighted by Gasteiger charge is 2.56. The molecule has 0 spiro atoms. The van der Waals surface area contributed by atoms with Crippen LogP contribution in [0.2, 0.25) is 0 Å². The van der Waals surface area contributed by atoms with Crippen molar-refractivity contribution < 1.29 is 14.3 Å². The Kier molecular flexibility index (Phi) is 6.04. The largest absolute Gasteiger partial charge is 0.379 e. The van der Waals surface area contributed by atoms with E-state index in [-0.39, 0.29) is 11.8 Å². The van der Waals surface area contributed by atoms with Gasteiger partial charge in [0.25, 0.3) is 0 Å². The Bertz CT molecular complexity index is 581. The Morgan fingerprint density at radius 2 is 1.64 bits per heavy atom. The molecule has 1 saturated carbocycles. The van der Waals surface area contributed by atoms with Crippen molar-refractivity contribution in [1.82, 2.24) is 15.5 Å². The van der Waals surface area contributed by atoms with E-state index in [0.29, 0.717) is 25.9 Å². The highest BCUT2D eigenvalue weighted by atomic mass is 16.5. The second kappa shape index (κ2) is 8.45. The molecule has 0 unspecified atom stereocenters. The Morgan fingerprint density at radius 1 is 1.00 bits per heavy atom. The molecule has 1 saturated heterocycles. The van der Waals surface area contributed by atoms with E-state index >= 15 is 0 Å². The first-order chi connectivity index (χ1) is 12.2. The summed E-state index contributed by atoms with van der Waals surface area (Å²) >= 11 is 0.